The molecule has 0 unspecified atom stereocenters. The number of hydroxylamine groups is 1. The fourth-order valence-corrected chi connectivity index (χ4v) is 4.45. The number of amides is 3. The lowest BCUT2D eigenvalue weighted by Crippen LogP contribution is -2.55. The van der Waals surface area contributed by atoms with E-state index in [1.807, 2.05) is 24.3 Å². The van der Waals surface area contributed by atoms with E-state index in [-0.39, 0.29) is 6.03 Å². The van der Waals surface area contributed by atoms with Crippen molar-refractivity contribution in [2.24, 2.45) is 0 Å². The molecule has 3 N–H and O–H groups in total. The van der Waals surface area contributed by atoms with Crippen molar-refractivity contribution in [2.45, 2.75) is 43.8 Å². The van der Waals surface area contributed by atoms with Crippen LogP contribution in [0.25, 0.3) is 0 Å². The van der Waals surface area contributed by atoms with E-state index in [4.69, 9.17) is 21.5 Å². The van der Waals surface area contributed by atoms with Crippen LogP contribution in [0.5, 0.6) is 11.5 Å². The summed E-state index contributed by atoms with van der Waals surface area (Å²) in [6.07, 6.45) is 3.33. The highest BCUT2D eigenvalue weighted by Gasteiger charge is 2.56. The summed E-state index contributed by atoms with van der Waals surface area (Å²) in [6, 6.07) is 13.6. The second-order valence-corrected chi connectivity index (χ2v) is 7.89. The molecule has 0 radical (unpaired) electrons. The molecule has 4 rings (SSSR count). The van der Waals surface area contributed by atoms with Crippen molar-refractivity contribution in [3.63, 3.8) is 0 Å². The molecule has 2 aromatic rings. The van der Waals surface area contributed by atoms with Crippen LogP contribution in [0.15, 0.2) is 48.5 Å². The van der Waals surface area contributed by atoms with Gasteiger partial charge in [-0.25, -0.2) is 10.3 Å². The van der Waals surface area contributed by atoms with E-state index in [1.54, 1.807) is 34.6 Å². The molecule has 3 amide bonds. The molecule has 8 heteroatoms. The highest BCUT2D eigenvalue weighted by atomic mass is 35.5. The molecular formula is C21H22ClN3O4. The Hall–Kier alpha value is -2.77. The van der Waals surface area contributed by atoms with Crippen molar-refractivity contribution in [2.75, 3.05) is 0 Å². The topological polar surface area (TPSA) is 90.9 Å². The third kappa shape index (κ3) is 3.75. The quantitative estimate of drug-likeness (QED) is 0.511. The average molecular weight is 416 g/mol. The first kappa shape index (κ1) is 19.5. The molecular weight excluding hydrogens is 394 g/mol. The maximum Gasteiger partial charge on any atom is 0.318 e. The minimum atomic E-state index is -0.755. The third-order valence-corrected chi connectivity index (χ3v) is 5.99. The summed E-state index contributed by atoms with van der Waals surface area (Å²) in [5, 5.41) is 12.5. The van der Waals surface area contributed by atoms with Gasteiger partial charge in [0.2, 0.25) is 0 Å². The summed E-state index contributed by atoms with van der Waals surface area (Å²) in [5.41, 5.74) is 2.01. The SMILES string of the molecule is O=C(NO)[C@@H]1NC(=O)N(Cc2ccc(Oc3ccc(Cl)cc3)cc2)C12CCCC2. The Morgan fingerprint density at radius 3 is 2.31 bits per heavy atom. The lowest BCUT2D eigenvalue weighted by Gasteiger charge is -2.36. The smallest absolute Gasteiger partial charge is 0.318 e. The maximum absolute atomic E-state index is 12.6. The Morgan fingerprint density at radius 1 is 1.14 bits per heavy atom. The number of hydrogen-bond donors (Lipinski definition) is 3. The molecule has 7 nitrogen and oxygen atoms in total. The van der Waals surface area contributed by atoms with Gasteiger partial charge in [-0.15, -0.1) is 0 Å². The van der Waals surface area contributed by atoms with Crippen LogP contribution in [-0.4, -0.2) is 33.6 Å². The number of hydrogen-bond acceptors (Lipinski definition) is 4. The number of nitrogens with zero attached hydrogens (tertiary/aromatic N) is 1. The van der Waals surface area contributed by atoms with Gasteiger partial charge in [0.1, 0.15) is 17.5 Å². The van der Waals surface area contributed by atoms with Gasteiger partial charge in [-0.3, -0.25) is 10.0 Å². The zero-order valence-corrected chi connectivity index (χ0v) is 16.5. The van der Waals surface area contributed by atoms with Crippen LogP contribution < -0.4 is 15.5 Å². The lowest BCUT2D eigenvalue weighted by atomic mass is 9.87. The van der Waals surface area contributed by atoms with E-state index < -0.39 is 17.5 Å². The van der Waals surface area contributed by atoms with Gasteiger partial charge in [0.25, 0.3) is 5.91 Å². The van der Waals surface area contributed by atoms with Gasteiger partial charge >= 0.3 is 6.03 Å². The molecule has 2 aliphatic rings. The van der Waals surface area contributed by atoms with Crippen LogP contribution in [0.3, 0.4) is 0 Å². The largest absolute Gasteiger partial charge is 0.457 e. The number of carbonyl (C=O) groups excluding carboxylic acids is 2. The molecule has 1 aliphatic heterocycles. The second kappa shape index (κ2) is 7.93. The van der Waals surface area contributed by atoms with Gasteiger partial charge in [0.15, 0.2) is 0 Å². The summed E-state index contributed by atoms with van der Waals surface area (Å²) in [4.78, 5) is 26.5. The molecule has 2 aromatic carbocycles. The summed E-state index contributed by atoms with van der Waals surface area (Å²) in [6.45, 7) is 0.377. The Kier molecular flexibility index (Phi) is 5.34. The van der Waals surface area contributed by atoms with Crippen LogP contribution >= 0.6 is 11.6 Å². The standard InChI is InChI=1S/C21H22ClN3O4/c22-15-5-9-17(10-6-15)29-16-7-3-14(4-8-16)13-25-20(27)23-18(19(26)24-28)21(25)11-1-2-12-21/h3-10,18,28H,1-2,11-13H2,(H,23,27)(H,24,26)/t18-/m0/s1. The van der Waals surface area contributed by atoms with E-state index in [1.165, 1.54) is 0 Å². The Labute approximate surface area is 173 Å². The van der Waals surface area contributed by atoms with Gasteiger partial charge in [-0.1, -0.05) is 36.6 Å². The third-order valence-electron chi connectivity index (χ3n) is 5.74. The molecule has 0 bridgehead atoms. The molecule has 152 valence electrons. The number of carbonyl (C=O) groups is 2. The van der Waals surface area contributed by atoms with Crippen molar-refractivity contribution in [3.05, 3.63) is 59.1 Å². The predicted octanol–water partition coefficient (Wildman–Crippen LogP) is 3.84. The number of rotatable bonds is 5. The van der Waals surface area contributed by atoms with Gasteiger partial charge in [0.05, 0.1) is 5.54 Å². The molecule has 1 aliphatic carbocycles. The minimum absolute atomic E-state index is 0.290. The van der Waals surface area contributed by atoms with Crippen LogP contribution in [0.1, 0.15) is 31.2 Å². The Bertz CT molecular complexity index is 895. The molecule has 1 heterocycles. The van der Waals surface area contributed by atoms with Crippen molar-refractivity contribution in [3.8, 4) is 11.5 Å². The van der Waals surface area contributed by atoms with Gasteiger partial charge in [-0.05, 0) is 54.8 Å². The zero-order valence-electron chi connectivity index (χ0n) is 15.7. The van der Waals surface area contributed by atoms with Crippen LogP contribution in [0, 0.1) is 0 Å². The van der Waals surface area contributed by atoms with Crippen molar-refractivity contribution >= 4 is 23.5 Å². The van der Waals surface area contributed by atoms with Gasteiger partial charge in [-0.2, -0.15) is 0 Å². The van der Waals surface area contributed by atoms with E-state index in [0.29, 0.717) is 23.1 Å². The highest BCUT2D eigenvalue weighted by Crippen LogP contribution is 2.42. The van der Waals surface area contributed by atoms with Crippen molar-refractivity contribution < 1.29 is 19.5 Å². The maximum atomic E-state index is 12.6. The van der Waals surface area contributed by atoms with Gasteiger partial charge in [0, 0.05) is 11.6 Å². The molecule has 29 heavy (non-hydrogen) atoms. The fourth-order valence-electron chi connectivity index (χ4n) is 4.33. The van der Waals surface area contributed by atoms with E-state index in [2.05, 4.69) is 5.32 Å². The zero-order chi connectivity index (χ0) is 20.4. The first-order valence-corrected chi connectivity index (χ1v) is 9.94. The summed E-state index contributed by atoms with van der Waals surface area (Å²) < 4.78 is 5.80. The molecule has 0 aromatic heterocycles. The summed E-state index contributed by atoms with van der Waals surface area (Å²) in [7, 11) is 0. The van der Waals surface area contributed by atoms with E-state index in [0.717, 1.165) is 31.2 Å². The number of ether oxygens (including phenoxy) is 1. The summed E-state index contributed by atoms with van der Waals surface area (Å²) in [5.74, 6) is 0.786. The predicted molar refractivity (Wildman–Crippen MR) is 107 cm³/mol. The number of benzene rings is 2. The molecule has 1 saturated carbocycles. The monoisotopic (exact) mass is 415 g/mol. The Balaban J connectivity index is 1.50. The molecule has 1 saturated heterocycles. The van der Waals surface area contributed by atoms with Crippen LogP contribution in [-0.2, 0) is 11.3 Å². The van der Waals surface area contributed by atoms with E-state index >= 15 is 0 Å². The second-order valence-electron chi connectivity index (χ2n) is 7.46. The van der Waals surface area contributed by atoms with Crippen LogP contribution in [0.2, 0.25) is 5.02 Å². The number of nitrogens with one attached hydrogen (secondary N) is 2. The van der Waals surface area contributed by atoms with Crippen molar-refractivity contribution in [1.82, 2.24) is 15.7 Å². The average Bonchev–Trinajstić information content (AvgIpc) is 3.32. The fraction of sp³-hybridized carbons (Fsp3) is 0.333. The minimum Gasteiger partial charge on any atom is -0.457 e. The first-order valence-electron chi connectivity index (χ1n) is 9.56. The Morgan fingerprint density at radius 2 is 1.72 bits per heavy atom. The van der Waals surface area contributed by atoms with E-state index in [9.17, 15) is 9.59 Å². The number of urea groups is 1. The van der Waals surface area contributed by atoms with Crippen LogP contribution in [0.4, 0.5) is 4.79 Å². The summed E-state index contributed by atoms with van der Waals surface area (Å²) >= 11 is 5.89. The first-order chi connectivity index (χ1) is 14.0. The van der Waals surface area contributed by atoms with Gasteiger partial charge < -0.3 is 15.0 Å². The molecule has 2 fully saturated rings. The lowest BCUT2D eigenvalue weighted by molar-refractivity contribution is -0.133. The molecule has 1 atom stereocenters. The highest BCUT2D eigenvalue weighted by molar-refractivity contribution is 6.30. The number of halogens is 1. The van der Waals surface area contributed by atoms with Crippen molar-refractivity contribution in [1.29, 1.82) is 0 Å². The molecule has 1 spiro atoms. The normalized spacial score (nSPS) is 20.0.